The lowest BCUT2D eigenvalue weighted by Gasteiger charge is -2.33. The molecule has 1 unspecified atom stereocenters. The number of benzene rings is 1. The fourth-order valence-electron chi connectivity index (χ4n) is 3.35. The fourth-order valence-corrected chi connectivity index (χ4v) is 4.54. The van der Waals surface area contributed by atoms with Gasteiger partial charge in [0.15, 0.2) is 0 Å². The Morgan fingerprint density at radius 1 is 1.31 bits per heavy atom. The van der Waals surface area contributed by atoms with Crippen LogP contribution >= 0.6 is 11.8 Å². The third-order valence-corrected chi connectivity index (χ3v) is 5.94. The number of Topliss-reactive ketones (excluding diaryl/α,β-unsaturated/α-hetero) is 1. The molecule has 1 aliphatic heterocycles. The van der Waals surface area contributed by atoms with Gasteiger partial charge in [-0.15, -0.1) is 11.8 Å². The molecule has 140 valence electrons. The molecule has 1 aliphatic rings. The normalized spacial score (nSPS) is 15.8. The molecule has 26 heavy (non-hydrogen) atoms. The summed E-state index contributed by atoms with van der Waals surface area (Å²) in [5, 5.41) is 0.307. The number of thioether (sulfide) groups is 1. The highest BCUT2D eigenvalue weighted by atomic mass is 32.2. The summed E-state index contributed by atoms with van der Waals surface area (Å²) >= 11 is 1.86. The number of nitrogens with zero attached hydrogens (tertiary/aromatic N) is 2. The number of hydrogen-bond acceptors (Lipinski definition) is 5. The number of carbonyl (C=O) groups is 1. The molecule has 1 aromatic heterocycles. The summed E-state index contributed by atoms with van der Waals surface area (Å²) in [6, 6.07) is 12.7. The third-order valence-electron chi connectivity index (χ3n) is 4.59. The second-order valence-corrected chi connectivity index (χ2v) is 8.50. The van der Waals surface area contributed by atoms with Crippen LogP contribution in [-0.2, 0) is 24.3 Å². The van der Waals surface area contributed by atoms with E-state index < -0.39 is 0 Å². The number of rotatable bonds is 8. The van der Waals surface area contributed by atoms with Crippen LogP contribution in [-0.4, -0.2) is 41.6 Å². The summed E-state index contributed by atoms with van der Waals surface area (Å²) in [5.41, 5.74) is 1.30. The zero-order chi connectivity index (χ0) is 18.5. The zero-order valence-corrected chi connectivity index (χ0v) is 16.7. The average molecular weight is 373 g/mol. The lowest BCUT2D eigenvalue weighted by atomic mass is 10.1. The molecule has 4 nitrogen and oxygen atoms in total. The lowest BCUT2D eigenvalue weighted by Crippen LogP contribution is -2.37. The SMILES string of the molecule is CC(=O)CCC(Sc1ccccc1)N1CCc2oc(CN(C)C)cc2C1. The molecule has 5 heteroatoms. The van der Waals surface area contributed by atoms with Crippen LogP contribution in [0.25, 0.3) is 0 Å². The van der Waals surface area contributed by atoms with Gasteiger partial charge in [-0.1, -0.05) is 18.2 Å². The van der Waals surface area contributed by atoms with E-state index >= 15 is 0 Å². The van der Waals surface area contributed by atoms with E-state index in [0.29, 0.717) is 11.8 Å². The fraction of sp³-hybridized carbons (Fsp3) is 0.476. The van der Waals surface area contributed by atoms with Crippen molar-refractivity contribution in [2.24, 2.45) is 0 Å². The highest BCUT2D eigenvalue weighted by Gasteiger charge is 2.27. The van der Waals surface area contributed by atoms with Gasteiger partial charge in [0.2, 0.25) is 0 Å². The van der Waals surface area contributed by atoms with Crippen molar-refractivity contribution in [3.63, 3.8) is 0 Å². The summed E-state index contributed by atoms with van der Waals surface area (Å²) in [5.74, 6) is 2.43. The number of fused-ring (bicyclic) bond motifs is 1. The van der Waals surface area contributed by atoms with E-state index in [1.807, 2.05) is 17.8 Å². The first-order valence-corrected chi connectivity index (χ1v) is 10.1. The minimum atomic E-state index is 0.262. The van der Waals surface area contributed by atoms with Crippen molar-refractivity contribution in [1.29, 1.82) is 0 Å². The highest BCUT2D eigenvalue weighted by Crippen LogP contribution is 2.33. The Bertz CT molecular complexity index is 727. The second kappa shape index (κ2) is 8.89. The average Bonchev–Trinajstić information content (AvgIpc) is 2.99. The molecule has 0 spiro atoms. The standard InChI is InChI=1S/C21H28N2O2S/c1-16(24)9-10-21(26-19-7-5-4-6-8-19)23-12-11-20-17(14-23)13-18(25-20)15-22(2)3/h4-8,13,21H,9-12,14-15H2,1-3H3. The molecule has 2 heterocycles. The van der Waals surface area contributed by atoms with Gasteiger partial charge < -0.3 is 14.1 Å². The summed E-state index contributed by atoms with van der Waals surface area (Å²) in [6.07, 6.45) is 2.45. The Labute approximate surface area is 160 Å². The van der Waals surface area contributed by atoms with Crippen molar-refractivity contribution >= 4 is 17.5 Å². The van der Waals surface area contributed by atoms with Crippen molar-refractivity contribution in [1.82, 2.24) is 9.80 Å². The van der Waals surface area contributed by atoms with Crippen LogP contribution in [0.2, 0.25) is 0 Å². The molecule has 3 rings (SSSR count). The van der Waals surface area contributed by atoms with Crippen molar-refractivity contribution in [2.75, 3.05) is 20.6 Å². The minimum Gasteiger partial charge on any atom is -0.464 e. The van der Waals surface area contributed by atoms with Gasteiger partial charge >= 0.3 is 0 Å². The number of ketones is 1. The molecule has 0 fully saturated rings. The van der Waals surface area contributed by atoms with E-state index in [2.05, 4.69) is 54.2 Å². The van der Waals surface area contributed by atoms with Gasteiger partial charge in [0.25, 0.3) is 0 Å². The van der Waals surface area contributed by atoms with Crippen LogP contribution in [0.3, 0.4) is 0 Å². The molecule has 0 aliphatic carbocycles. The maximum Gasteiger partial charge on any atom is 0.129 e. The summed E-state index contributed by atoms with van der Waals surface area (Å²) in [7, 11) is 4.12. The molecule has 0 saturated heterocycles. The molecular formula is C21H28N2O2S. The van der Waals surface area contributed by atoms with Crippen molar-refractivity contribution in [2.45, 2.75) is 49.5 Å². The van der Waals surface area contributed by atoms with E-state index in [4.69, 9.17) is 4.42 Å². The predicted molar refractivity (Wildman–Crippen MR) is 106 cm³/mol. The van der Waals surface area contributed by atoms with Crippen molar-refractivity contribution in [3.05, 3.63) is 53.5 Å². The summed E-state index contributed by atoms with van der Waals surface area (Å²) in [6.45, 7) is 4.39. The zero-order valence-electron chi connectivity index (χ0n) is 15.9. The molecule has 0 saturated carbocycles. The van der Waals surface area contributed by atoms with Gasteiger partial charge in [-0.2, -0.15) is 0 Å². The molecule has 2 aromatic rings. The Balaban J connectivity index is 1.72. The van der Waals surface area contributed by atoms with Crippen molar-refractivity contribution < 1.29 is 9.21 Å². The number of furan rings is 1. The van der Waals surface area contributed by atoms with Crippen LogP contribution in [0.4, 0.5) is 0 Å². The topological polar surface area (TPSA) is 36.7 Å². The highest BCUT2D eigenvalue weighted by molar-refractivity contribution is 7.99. The predicted octanol–water partition coefficient (Wildman–Crippen LogP) is 4.19. The molecule has 1 atom stereocenters. The van der Waals surface area contributed by atoms with E-state index in [1.54, 1.807) is 6.92 Å². The smallest absolute Gasteiger partial charge is 0.129 e. The third kappa shape index (κ3) is 5.22. The first-order valence-electron chi connectivity index (χ1n) is 9.21. The second-order valence-electron chi connectivity index (χ2n) is 7.25. The first-order chi connectivity index (χ1) is 12.5. The Kier molecular flexibility index (Phi) is 6.57. The van der Waals surface area contributed by atoms with Crippen molar-refractivity contribution in [3.8, 4) is 0 Å². The van der Waals surface area contributed by atoms with Gasteiger partial charge in [0.1, 0.15) is 17.3 Å². The molecular weight excluding hydrogens is 344 g/mol. The Morgan fingerprint density at radius 3 is 2.77 bits per heavy atom. The molecule has 1 aromatic carbocycles. The van der Waals surface area contributed by atoms with Crippen LogP contribution < -0.4 is 0 Å². The van der Waals surface area contributed by atoms with Crippen LogP contribution in [0.1, 0.15) is 36.8 Å². The maximum atomic E-state index is 11.5. The monoisotopic (exact) mass is 372 g/mol. The number of carbonyl (C=O) groups excluding carboxylic acids is 1. The molecule has 0 bridgehead atoms. The maximum absolute atomic E-state index is 11.5. The van der Waals surface area contributed by atoms with Gasteiger partial charge in [-0.25, -0.2) is 0 Å². The van der Waals surface area contributed by atoms with Gasteiger partial charge in [0.05, 0.1) is 11.9 Å². The van der Waals surface area contributed by atoms with E-state index in [0.717, 1.165) is 44.0 Å². The van der Waals surface area contributed by atoms with Gasteiger partial charge in [-0.05, 0) is 45.6 Å². The van der Waals surface area contributed by atoms with E-state index in [9.17, 15) is 4.79 Å². The summed E-state index contributed by atoms with van der Waals surface area (Å²) < 4.78 is 6.03. The van der Waals surface area contributed by atoms with Crippen LogP contribution in [0, 0.1) is 0 Å². The number of hydrogen-bond donors (Lipinski definition) is 0. The van der Waals surface area contributed by atoms with E-state index in [-0.39, 0.29) is 5.78 Å². The Morgan fingerprint density at radius 2 is 2.08 bits per heavy atom. The van der Waals surface area contributed by atoms with Crippen LogP contribution in [0.15, 0.2) is 45.7 Å². The molecule has 0 N–H and O–H groups in total. The van der Waals surface area contributed by atoms with Gasteiger partial charge in [0, 0.05) is 36.4 Å². The van der Waals surface area contributed by atoms with E-state index in [1.165, 1.54) is 10.5 Å². The molecule has 0 amide bonds. The quantitative estimate of drug-likeness (QED) is 0.650. The minimum absolute atomic E-state index is 0.262. The first kappa shape index (κ1) is 19.2. The van der Waals surface area contributed by atoms with Crippen LogP contribution in [0.5, 0.6) is 0 Å². The largest absolute Gasteiger partial charge is 0.464 e. The Hall–Kier alpha value is -1.56. The summed E-state index contributed by atoms with van der Waals surface area (Å²) in [4.78, 5) is 17.4. The lowest BCUT2D eigenvalue weighted by molar-refractivity contribution is -0.117. The molecule has 0 radical (unpaired) electrons. The van der Waals surface area contributed by atoms with Gasteiger partial charge in [-0.3, -0.25) is 4.90 Å².